The summed E-state index contributed by atoms with van der Waals surface area (Å²) in [7, 11) is 3.78. The van der Waals surface area contributed by atoms with Crippen molar-refractivity contribution in [2.75, 3.05) is 32.1 Å². The van der Waals surface area contributed by atoms with E-state index < -0.39 is 0 Å². The van der Waals surface area contributed by atoms with Crippen molar-refractivity contribution in [1.82, 2.24) is 14.9 Å². The normalized spacial score (nSPS) is 20.7. The van der Waals surface area contributed by atoms with Crippen LogP contribution >= 0.6 is 0 Å². The summed E-state index contributed by atoms with van der Waals surface area (Å²) in [5.74, 6) is 0.610. The van der Waals surface area contributed by atoms with E-state index in [4.69, 9.17) is 4.74 Å². The van der Waals surface area contributed by atoms with Crippen molar-refractivity contribution in [3.63, 3.8) is 0 Å². The van der Waals surface area contributed by atoms with E-state index in [-0.39, 0.29) is 18.1 Å². The van der Waals surface area contributed by atoms with Crippen LogP contribution in [0.3, 0.4) is 0 Å². The Kier molecular flexibility index (Phi) is 4.76. The standard InChI is InChI=1S/C18H22N4O2/c1-13-11-22(16(12-24-13)14-7-5-4-6-8-14)18(23)15-9-20-17(10-19-15)21(2)3/h4-10,13,16H,11-12H2,1-3H3. The van der Waals surface area contributed by atoms with Crippen LogP contribution < -0.4 is 4.90 Å². The van der Waals surface area contributed by atoms with Crippen molar-refractivity contribution >= 4 is 11.7 Å². The van der Waals surface area contributed by atoms with Crippen LogP contribution in [0.5, 0.6) is 0 Å². The molecule has 2 heterocycles. The van der Waals surface area contributed by atoms with E-state index in [1.54, 1.807) is 12.4 Å². The molecule has 0 spiro atoms. The summed E-state index contributed by atoms with van der Waals surface area (Å²) in [6.07, 6.45) is 3.16. The molecule has 1 saturated heterocycles. The van der Waals surface area contributed by atoms with Crippen molar-refractivity contribution in [1.29, 1.82) is 0 Å². The molecule has 0 N–H and O–H groups in total. The molecule has 126 valence electrons. The Hall–Kier alpha value is -2.47. The van der Waals surface area contributed by atoms with Gasteiger partial charge >= 0.3 is 0 Å². The average Bonchev–Trinajstić information content (AvgIpc) is 2.62. The highest BCUT2D eigenvalue weighted by Gasteiger charge is 2.32. The van der Waals surface area contributed by atoms with Crippen LogP contribution in [0.4, 0.5) is 5.82 Å². The second-order valence-electron chi connectivity index (χ2n) is 6.18. The number of ether oxygens (including phenoxy) is 1. The van der Waals surface area contributed by atoms with E-state index in [0.29, 0.717) is 18.8 Å². The number of anilines is 1. The Balaban J connectivity index is 1.86. The van der Waals surface area contributed by atoms with Crippen LogP contribution in [-0.2, 0) is 4.74 Å². The molecule has 1 fully saturated rings. The van der Waals surface area contributed by atoms with Crippen LogP contribution in [0.15, 0.2) is 42.7 Å². The number of benzene rings is 1. The van der Waals surface area contributed by atoms with Gasteiger partial charge in [-0.25, -0.2) is 9.97 Å². The van der Waals surface area contributed by atoms with Crippen molar-refractivity contribution in [2.45, 2.75) is 19.1 Å². The Morgan fingerprint density at radius 2 is 1.96 bits per heavy atom. The predicted molar refractivity (Wildman–Crippen MR) is 92.0 cm³/mol. The van der Waals surface area contributed by atoms with Gasteiger partial charge < -0.3 is 14.5 Å². The minimum atomic E-state index is -0.114. The monoisotopic (exact) mass is 326 g/mol. The first kappa shape index (κ1) is 16.4. The van der Waals surface area contributed by atoms with Crippen molar-refractivity contribution in [2.24, 2.45) is 0 Å². The van der Waals surface area contributed by atoms with Gasteiger partial charge in [-0.05, 0) is 12.5 Å². The number of nitrogens with zero attached hydrogens (tertiary/aromatic N) is 4. The van der Waals surface area contributed by atoms with Gasteiger partial charge in [0.25, 0.3) is 5.91 Å². The fraction of sp³-hybridized carbons (Fsp3) is 0.389. The zero-order valence-corrected chi connectivity index (χ0v) is 14.2. The Bertz CT molecular complexity index is 688. The van der Waals surface area contributed by atoms with Crippen LogP contribution in [0.1, 0.15) is 29.0 Å². The number of carbonyl (C=O) groups excluding carboxylic acids is 1. The number of rotatable bonds is 3. The minimum Gasteiger partial charge on any atom is -0.374 e. The molecule has 24 heavy (non-hydrogen) atoms. The van der Waals surface area contributed by atoms with Gasteiger partial charge in [0.2, 0.25) is 0 Å². The molecule has 1 amide bonds. The summed E-state index contributed by atoms with van der Waals surface area (Å²) in [5.41, 5.74) is 1.42. The minimum absolute atomic E-state index is 0.00270. The summed E-state index contributed by atoms with van der Waals surface area (Å²) in [6, 6.07) is 9.85. The van der Waals surface area contributed by atoms with E-state index >= 15 is 0 Å². The maximum absolute atomic E-state index is 13.0. The van der Waals surface area contributed by atoms with Crippen LogP contribution in [0.25, 0.3) is 0 Å². The molecule has 2 unspecified atom stereocenters. The SMILES string of the molecule is CC1CN(C(=O)c2cnc(N(C)C)cn2)C(c2ccccc2)CO1. The molecule has 0 saturated carbocycles. The largest absolute Gasteiger partial charge is 0.374 e. The summed E-state index contributed by atoms with van der Waals surface area (Å²) < 4.78 is 5.78. The van der Waals surface area contributed by atoms with Gasteiger partial charge in [-0.15, -0.1) is 0 Å². The highest BCUT2D eigenvalue weighted by atomic mass is 16.5. The lowest BCUT2D eigenvalue weighted by Crippen LogP contribution is -2.47. The lowest BCUT2D eigenvalue weighted by atomic mass is 10.0. The third kappa shape index (κ3) is 3.38. The molecule has 0 radical (unpaired) electrons. The van der Waals surface area contributed by atoms with E-state index in [9.17, 15) is 4.79 Å². The maximum atomic E-state index is 13.0. The van der Waals surface area contributed by atoms with Gasteiger partial charge in [0.05, 0.1) is 31.1 Å². The number of amides is 1. The molecule has 2 atom stereocenters. The summed E-state index contributed by atoms with van der Waals surface area (Å²) >= 11 is 0. The first-order chi connectivity index (χ1) is 11.6. The smallest absolute Gasteiger partial charge is 0.274 e. The van der Waals surface area contributed by atoms with Crippen molar-refractivity contribution < 1.29 is 9.53 Å². The molecule has 1 aliphatic rings. The lowest BCUT2D eigenvalue weighted by molar-refractivity contribution is -0.0449. The highest BCUT2D eigenvalue weighted by Crippen LogP contribution is 2.27. The predicted octanol–water partition coefficient (Wildman–Crippen LogP) is 2.14. The quantitative estimate of drug-likeness (QED) is 0.865. The van der Waals surface area contributed by atoms with Crippen molar-refractivity contribution in [3.05, 3.63) is 54.0 Å². The number of morpholine rings is 1. The molecule has 0 aliphatic carbocycles. The average molecular weight is 326 g/mol. The van der Waals surface area contributed by atoms with Gasteiger partial charge in [0.15, 0.2) is 0 Å². The third-order valence-corrected chi connectivity index (χ3v) is 4.13. The first-order valence-electron chi connectivity index (χ1n) is 8.03. The summed E-state index contributed by atoms with van der Waals surface area (Å²) in [6.45, 7) is 3.00. The molecule has 1 aliphatic heterocycles. The molecule has 1 aromatic carbocycles. The molecule has 1 aromatic heterocycles. The molecular formula is C18H22N4O2. The van der Waals surface area contributed by atoms with Gasteiger partial charge in [0.1, 0.15) is 11.5 Å². The fourth-order valence-electron chi connectivity index (χ4n) is 2.79. The molecular weight excluding hydrogens is 304 g/mol. The first-order valence-corrected chi connectivity index (χ1v) is 8.03. The fourth-order valence-corrected chi connectivity index (χ4v) is 2.79. The molecule has 6 heteroatoms. The van der Waals surface area contributed by atoms with Gasteiger partial charge in [-0.1, -0.05) is 30.3 Å². The molecule has 0 bridgehead atoms. The van der Waals surface area contributed by atoms with Gasteiger partial charge in [-0.3, -0.25) is 4.79 Å². The number of aromatic nitrogens is 2. The topological polar surface area (TPSA) is 58.6 Å². The lowest BCUT2D eigenvalue weighted by Gasteiger charge is -2.38. The van der Waals surface area contributed by atoms with E-state index in [0.717, 1.165) is 11.4 Å². The highest BCUT2D eigenvalue weighted by molar-refractivity contribution is 5.92. The van der Waals surface area contributed by atoms with Crippen LogP contribution in [0.2, 0.25) is 0 Å². The summed E-state index contributed by atoms with van der Waals surface area (Å²) in [4.78, 5) is 25.2. The van der Waals surface area contributed by atoms with E-state index in [2.05, 4.69) is 9.97 Å². The van der Waals surface area contributed by atoms with Crippen LogP contribution in [-0.4, -0.2) is 54.1 Å². The summed E-state index contributed by atoms with van der Waals surface area (Å²) in [5, 5.41) is 0. The van der Waals surface area contributed by atoms with E-state index in [1.165, 1.54) is 0 Å². The molecule has 2 aromatic rings. The zero-order chi connectivity index (χ0) is 17.1. The van der Waals surface area contributed by atoms with E-state index in [1.807, 2.05) is 61.2 Å². The van der Waals surface area contributed by atoms with Gasteiger partial charge in [0, 0.05) is 20.6 Å². The van der Waals surface area contributed by atoms with Crippen molar-refractivity contribution in [3.8, 4) is 0 Å². The second-order valence-corrected chi connectivity index (χ2v) is 6.18. The van der Waals surface area contributed by atoms with Gasteiger partial charge in [-0.2, -0.15) is 0 Å². The number of hydrogen-bond donors (Lipinski definition) is 0. The zero-order valence-electron chi connectivity index (χ0n) is 14.2. The number of carbonyl (C=O) groups is 1. The molecule has 6 nitrogen and oxygen atoms in total. The Labute approximate surface area is 142 Å². The number of hydrogen-bond acceptors (Lipinski definition) is 5. The Morgan fingerprint density at radius 1 is 1.21 bits per heavy atom. The molecule has 3 rings (SSSR count). The third-order valence-electron chi connectivity index (χ3n) is 4.13. The second kappa shape index (κ2) is 6.97. The van der Waals surface area contributed by atoms with Crippen LogP contribution in [0, 0.1) is 0 Å². The maximum Gasteiger partial charge on any atom is 0.274 e. The Morgan fingerprint density at radius 3 is 2.58 bits per heavy atom.